The topological polar surface area (TPSA) is 56.3 Å². The van der Waals surface area contributed by atoms with E-state index in [1.54, 1.807) is 0 Å². The van der Waals surface area contributed by atoms with Gasteiger partial charge in [-0.25, -0.2) is 0 Å². The number of aryl methyl sites for hydroxylation is 2. The van der Waals surface area contributed by atoms with E-state index in [1.165, 1.54) is 11.4 Å². The number of morpholine rings is 1. The van der Waals surface area contributed by atoms with E-state index in [9.17, 15) is 0 Å². The van der Waals surface area contributed by atoms with Gasteiger partial charge in [0.2, 0.25) is 0 Å². The lowest BCUT2D eigenvalue weighted by molar-refractivity contribution is 0.122. The van der Waals surface area contributed by atoms with Gasteiger partial charge in [0.15, 0.2) is 0 Å². The number of nitrogens with two attached hydrogens (primary N) is 1. The lowest BCUT2D eigenvalue weighted by Gasteiger charge is -2.29. The predicted octanol–water partition coefficient (Wildman–Crippen LogP) is 0.456. The van der Waals surface area contributed by atoms with Crippen molar-refractivity contribution in [2.45, 2.75) is 19.8 Å². The Balaban J connectivity index is 2.23. The first-order chi connectivity index (χ1) is 8.24. The minimum Gasteiger partial charge on any atom is -0.378 e. The Hall–Kier alpha value is -1.07. The van der Waals surface area contributed by atoms with Crippen LogP contribution >= 0.6 is 0 Å². The minimum absolute atomic E-state index is 0.733. The second kappa shape index (κ2) is 5.51. The molecule has 0 atom stereocenters. The van der Waals surface area contributed by atoms with Crippen LogP contribution in [-0.4, -0.2) is 42.6 Å². The highest BCUT2D eigenvalue weighted by atomic mass is 16.5. The molecule has 0 saturated carbocycles. The van der Waals surface area contributed by atoms with Crippen LogP contribution < -0.4 is 10.6 Å². The van der Waals surface area contributed by atoms with Crippen molar-refractivity contribution in [3.8, 4) is 0 Å². The average Bonchev–Trinajstić information content (AvgIpc) is 2.62. The minimum atomic E-state index is 0.733. The number of ether oxygens (including phenoxy) is 1. The number of anilines is 1. The fourth-order valence-corrected chi connectivity index (χ4v) is 2.43. The van der Waals surface area contributed by atoms with Crippen molar-refractivity contribution < 1.29 is 4.74 Å². The molecule has 17 heavy (non-hydrogen) atoms. The molecule has 5 heteroatoms. The van der Waals surface area contributed by atoms with E-state index >= 15 is 0 Å². The Bertz CT molecular complexity index is 369. The zero-order valence-electron chi connectivity index (χ0n) is 10.8. The molecule has 1 aliphatic heterocycles. The molecule has 5 nitrogen and oxygen atoms in total. The van der Waals surface area contributed by atoms with Crippen molar-refractivity contribution in [2.24, 2.45) is 12.8 Å². The van der Waals surface area contributed by atoms with Crippen LogP contribution in [0.2, 0.25) is 0 Å². The summed E-state index contributed by atoms with van der Waals surface area (Å²) in [6.45, 7) is 6.33. The van der Waals surface area contributed by atoms with Gasteiger partial charge in [0.25, 0.3) is 0 Å². The van der Waals surface area contributed by atoms with E-state index in [0.717, 1.165) is 51.4 Å². The number of hydrogen-bond donors (Lipinski definition) is 1. The van der Waals surface area contributed by atoms with Crippen molar-refractivity contribution >= 4 is 5.82 Å². The van der Waals surface area contributed by atoms with E-state index < -0.39 is 0 Å². The fourth-order valence-electron chi connectivity index (χ4n) is 2.43. The molecule has 1 aliphatic rings. The van der Waals surface area contributed by atoms with Gasteiger partial charge in [-0.2, -0.15) is 5.10 Å². The standard InChI is InChI=1S/C12H22N4O/c1-10-11(4-3-5-13)12(15(2)14-10)16-6-8-17-9-7-16/h3-9,13H2,1-2H3. The van der Waals surface area contributed by atoms with Crippen LogP contribution in [-0.2, 0) is 18.2 Å². The van der Waals surface area contributed by atoms with Crippen LogP contribution in [0.4, 0.5) is 5.82 Å². The molecule has 0 aliphatic carbocycles. The summed E-state index contributed by atoms with van der Waals surface area (Å²) >= 11 is 0. The van der Waals surface area contributed by atoms with Gasteiger partial charge >= 0.3 is 0 Å². The van der Waals surface area contributed by atoms with E-state index in [0.29, 0.717) is 0 Å². The molecule has 2 N–H and O–H groups in total. The van der Waals surface area contributed by atoms with Crippen LogP contribution in [0, 0.1) is 6.92 Å². The summed E-state index contributed by atoms with van der Waals surface area (Å²) < 4.78 is 7.39. The number of nitrogens with zero attached hydrogens (tertiary/aromatic N) is 3. The van der Waals surface area contributed by atoms with Crippen LogP contribution in [0.25, 0.3) is 0 Å². The van der Waals surface area contributed by atoms with Gasteiger partial charge in [-0.15, -0.1) is 0 Å². The molecule has 1 fully saturated rings. The van der Waals surface area contributed by atoms with E-state index in [4.69, 9.17) is 10.5 Å². The third-order valence-corrected chi connectivity index (χ3v) is 3.25. The Morgan fingerprint density at radius 2 is 2.06 bits per heavy atom. The highest BCUT2D eigenvalue weighted by molar-refractivity contribution is 5.50. The van der Waals surface area contributed by atoms with Gasteiger partial charge in [-0.05, 0) is 26.3 Å². The molecule has 1 aromatic heterocycles. The van der Waals surface area contributed by atoms with E-state index in [2.05, 4.69) is 16.9 Å². The third kappa shape index (κ3) is 2.61. The summed E-state index contributed by atoms with van der Waals surface area (Å²) in [5.41, 5.74) is 8.08. The molecule has 1 saturated heterocycles. The van der Waals surface area contributed by atoms with Gasteiger partial charge in [0.1, 0.15) is 5.82 Å². The maximum absolute atomic E-state index is 5.60. The van der Waals surface area contributed by atoms with Gasteiger partial charge in [0, 0.05) is 25.7 Å². The Labute approximate surface area is 103 Å². The number of rotatable bonds is 4. The zero-order chi connectivity index (χ0) is 12.3. The van der Waals surface area contributed by atoms with Crippen molar-refractivity contribution in [2.75, 3.05) is 37.7 Å². The maximum Gasteiger partial charge on any atom is 0.130 e. The summed E-state index contributed by atoms with van der Waals surface area (Å²) in [6, 6.07) is 0. The SMILES string of the molecule is Cc1nn(C)c(N2CCOCC2)c1CCCN. The lowest BCUT2D eigenvalue weighted by Crippen LogP contribution is -2.38. The first-order valence-corrected chi connectivity index (χ1v) is 6.29. The van der Waals surface area contributed by atoms with E-state index in [-0.39, 0.29) is 0 Å². The zero-order valence-corrected chi connectivity index (χ0v) is 10.8. The van der Waals surface area contributed by atoms with Gasteiger partial charge in [-0.1, -0.05) is 0 Å². The molecule has 0 spiro atoms. The van der Waals surface area contributed by atoms with Crippen LogP contribution in [0.15, 0.2) is 0 Å². The number of aromatic nitrogens is 2. The molecule has 0 bridgehead atoms. The smallest absolute Gasteiger partial charge is 0.130 e. The van der Waals surface area contributed by atoms with Crippen LogP contribution in [0.5, 0.6) is 0 Å². The molecule has 2 heterocycles. The lowest BCUT2D eigenvalue weighted by atomic mass is 10.1. The molecule has 0 aromatic carbocycles. The quantitative estimate of drug-likeness (QED) is 0.828. The monoisotopic (exact) mass is 238 g/mol. The normalized spacial score (nSPS) is 16.5. The molecule has 0 unspecified atom stereocenters. The first kappa shape index (κ1) is 12.4. The summed E-state index contributed by atoms with van der Waals surface area (Å²) in [7, 11) is 2.02. The molecular weight excluding hydrogens is 216 g/mol. The Morgan fingerprint density at radius 3 is 2.71 bits per heavy atom. The first-order valence-electron chi connectivity index (χ1n) is 6.29. The van der Waals surface area contributed by atoms with Gasteiger partial charge in [-0.3, -0.25) is 4.68 Å². The number of hydrogen-bond acceptors (Lipinski definition) is 4. The molecule has 96 valence electrons. The molecule has 2 rings (SSSR count). The Morgan fingerprint density at radius 1 is 1.35 bits per heavy atom. The van der Waals surface area contributed by atoms with Crippen molar-refractivity contribution in [1.82, 2.24) is 9.78 Å². The molecule has 0 radical (unpaired) electrons. The largest absolute Gasteiger partial charge is 0.378 e. The highest BCUT2D eigenvalue weighted by Gasteiger charge is 2.20. The average molecular weight is 238 g/mol. The molecule has 1 aromatic rings. The van der Waals surface area contributed by atoms with E-state index in [1.807, 2.05) is 11.7 Å². The second-order valence-electron chi connectivity index (χ2n) is 4.50. The summed E-state index contributed by atoms with van der Waals surface area (Å²) in [6.07, 6.45) is 2.03. The van der Waals surface area contributed by atoms with Gasteiger partial charge in [0.05, 0.1) is 18.9 Å². The second-order valence-corrected chi connectivity index (χ2v) is 4.50. The van der Waals surface area contributed by atoms with Crippen molar-refractivity contribution in [1.29, 1.82) is 0 Å². The maximum atomic E-state index is 5.60. The summed E-state index contributed by atoms with van der Waals surface area (Å²) in [5, 5.41) is 4.53. The molecular formula is C12H22N4O. The van der Waals surface area contributed by atoms with Crippen LogP contribution in [0.1, 0.15) is 17.7 Å². The summed E-state index contributed by atoms with van der Waals surface area (Å²) in [4.78, 5) is 2.37. The van der Waals surface area contributed by atoms with Gasteiger partial charge < -0.3 is 15.4 Å². The molecule has 0 amide bonds. The third-order valence-electron chi connectivity index (χ3n) is 3.25. The van der Waals surface area contributed by atoms with Crippen molar-refractivity contribution in [3.05, 3.63) is 11.3 Å². The fraction of sp³-hybridized carbons (Fsp3) is 0.750. The van der Waals surface area contributed by atoms with Crippen molar-refractivity contribution in [3.63, 3.8) is 0 Å². The predicted molar refractivity (Wildman–Crippen MR) is 68.4 cm³/mol. The Kier molecular flexibility index (Phi) is 4.02. The highest BCUT2D eigenvalue weighted by Crippen LogP contribution is 2.25. The summed E-state index contributed by atoms with van der Waals surface area (Å²) in [5.74, 6) is 1.25. The van der Waals surface area contributed by atoms with Crippen LogP contribution in [0.3, 0.4) is 0 Å².